The van der Waals surface area contributed by atoms with Crippen molar-refractivity contribution in [3.8, 4) is 0 Å². The Morgan fingerprint density at radius 2 is 2.24 bits per heavy atom. The van der Waals surface area contributed by atoms with Crippen LogP contribution in [0.5, 0.6) is 0 Å². The molecule has 17 heavy (non-hydrogen) atoms. The van der Waals surface area contributed by atoms with Gasteiger partial charge >= 0.3 is 0 Å². The lowest BCUT2D eigenvalue weighted by molar-refractivity contribution is 0.121. The van der Waals surface area contributed by atoms with Crippen molar-refractivity contribution in [1.29, 1.82) is 0 Å². The molecule has 1 aliphatic heterocycles. The van der Waals surface area contributed by atoms with E-state index in [1.807, 2.05) is 6.92 Å². The van der Waals surface area contributed by atoms with Gasteiger partial charge in [0.1, 0.15) is 0 Å². The summed E-state index contributed by atoms with van der Waals surface area (Å²) in [6.07, 6.45) is 0. The van der Waals surface area contributed by atoms with Crippen LogP contribution in [0.25, 0.3) is 0 Å². The zero-order valence-electron chi connectivity index (χ0n) is 10.8. The maximum Gasteiger partial charge on any atom is 0.0593 e. The number of para-hydroxylation sites is 1. The fourth-order valence-corrected chi connectivity index (χ4v) is 2.35. The Kier molecular flexibility index (Phi) is 4.40. The summed E-state index contributed by atoms with van der Waals surface area (Å²) >= 11 is 0. The van der Waals surface area contributed by atoms with Gasteiger partial charge in [0.2, 0.25) is 0 Å². The van der Waals surface area contributed by atoms with E-state index in [2.05, 4.69) is 41.5 Å². The van der Waals surface area contributed by atoms with E-state index in [4.69, 9.17) is 4.74 Å². The summed E-state index contributed by atoms with van der Waals surface area (Å²) in [6, 6.07) is 8.61. The lowest BCUT2D eigenvalue weighted by atomic mass is 10.0. The van der Waals surface area contributed by atoms with Crippen molar-refractivity contribution in [1.82, 2.24) is 4.90 Å². The zero-order chi connectivity index (χ0) is 12.1. The number of fused-ring (bicyclic) bond motifs is 1. The van der Waals surface area contributed by atoms with Crippen LogP contribution < -0.4 is 5.32 Å². The lowest BCUT2D eigenvalue weighted by Crippen LogP contribution is -2.28. The van der Waals surface area contributed by atoms with E-state index in [0.717, 1.165) is 32.8 Å². The van der Waals surface area contributed by atoms with Gasteiger partial charge in [0, 0.05) is 37.8 Å². The summed E-state index contributed by atoms with van der Waals surface area (Å²) in [5.74, 6) is 0.609. The second-order valence-corrected chi connectivity index (χ2v) is 4.62. The summed E-state index contributed by atoms with van der Waals surface area (Å²) in [5.41, 5.74) is 2.76. The normalized spacial score (nSPS) is 18.2. The maximum absolute atomic E-state index is 5.38. The van der Waals surface area contributed by atoms with E-state index in [1.54, 1.807) is 0 Å². The Morgan fingerprint density at radius 3 is 3.06 bits per heavy atom. The molecule has 0 amide bonds. The molecule has 1 aliphatic rings. The topological polar surface area (TPSA) is 24.5 Å². The van der Waals surface area contributed by atoms with Crippen molar-refractivity contribution in [3.63, 3.8) is 0 Å². The first kappa shape index (κ1) is 12.4. The summed E-state index contributed by atoms with van der Waals surface area (Å²) in [6.45, 7) is 6.83. The van der Waals surface area contributed by atoms with Gasteiger partial charge in [-0.1, -0.05) is 18.2 Å². The Morgan fingerprint density at radius 1 is 1.41 bits per heavy atom. The molecule has 1 heterocycles. The SMILES string of the molecule is CCOCCN(C)CC1CNc2ccccc21. The van der Waals surface area contributed by atoms with E-state index in [9.17, 15) is 0 Å². The number of nitrogens with zero attached hydrogens (tertiary/aromatic N) is 1. The molecule has 0 saturated heterocycles. The number of rotatable bonds is 6. The van der Waals surface area contributed by atoms with E-state index in [1.165, 1.54) is 11.3 Å². The third kappa shape index (κ3) is 3.20. The van der Waals surface area contributed by atoms with E-state index < -0.39 is 0 Å². The number of anilines is 1. The number of benzene rings is 1. The van der Waals surface area contributed by atoms with Gasteiger partial charge in [-0.2, -0.15) is 0 Å². The number of ether oxygens (including phenoxy) is 1. The quantitative estimate of drug-likeness (QED) is 0.763. The minimum Gasteiger partial charge on any atom is -0.384 e. The first-order valence-corrected chi connectivity index (χ1v) is 6.40. The first-order chi connectivity index (χ1) is 8.31. The van der Waals surface area contributed by atoms with E-state index in [-0.39, 0.29) is 0 Å². The van der Waals surface area contributed by atoms with Gasteiger partial charge in [-0.3, -0.25) is 0 Å². The molecule has 2 rings (SSSR count). The highest BCUT2D eigenvalue weighted by Crippen LogP contribution is 2.31. The molecule has 1 unspecified atom stereocenters. The molecule has 3 heteroatoms. The molecule has 94 valence electrons. The molecule has 3 nitrogen and oxygen atoms in total. The van der Waals surface area contributed by atoms with Gasteiger partial charge < -0.3 is 15.0 Å². The molecule has 1 atom stereocenters. The van der Waals surface area contributed by atoms with Crippen molar-refractivity contribution in [2.24, 2.45) is 0 Å². The van der Waals surface area contributed by atoms with Crippen LogP contribution in [0.2, 0.25) is 0 Å². The highest BCUT2D eigenvalue weighted by molar-refractivity contribution is 5.57. The monoisotopic (exact) mass is 234 g/mol. The van der Waals surface area contributed by atoms with Gasteiger partial charge in [0.05, 0.1) is 6.61 Å². The van der Waals surface area contributed by atoms with Crippen molar-refractivity contribution >= 4 is 5.69 Å². The van der Waals surface area contributed by atoms with Gasteiger partial charge in [-0.05, 0) is 25.6 Å². The van der Waals surface area contributed by atoms with E-state index >= 15 is 0 Å². The first-order valence-electron chi connectivity index (χ1n) is 6.40. The lowest BCUT2D eigenvalue weighted by Gasteiger charge is -2.20. The molecule has 1 N–H and O–H groups in total. The molecular weight excluding hydrogens is 212 g/mol. The summed E-state index contributed by atoms with van der Waals surface area (Å²) in [4.78, 5) is 2.35. The molecular formula is C14H22N2O. The van der Waals surface area contributed by atoms with E-state index in [0.29, 0.717) is 5.92 Å². The Labute approximate surface area is 104 Å². The molecule has 0 aliphatic carbocycles. The highest BCUT2D eigenvalue weighted by atomic mass is 16.5. The predicted molar refractivity (Wildman–Crippen MR) is 71.7 cm³/mol. The number of hydrogen-bond acceptors (Lipinski definition) is 3. The van der Waals surface area contributed by atoms with Crippen LogP contribution in [-0.4, -0.2) is 44.8 Å². The Bertz CT molecular complexity index is 354. The molecule has 0 bridgehead atoms. The van der Waals surface area contributed by atoms with Crippen LogP contribution in [0, 0.1) is 0 Å². The Hall–Kier alpha value is -1.06. The minimum absolute atomic E-state index is 0.609. The molecule has 0 aromatic heterocycles. The van der Waals surface area contributed by atoms with Crippen molar-refractivity contribution in [2.75, 3.05) is 45.2 Å². The summed E-state index contributed by atoms with van der Waals surface area (Å²) < 4.78 is 5.38. The molecule has 0 radical (unpaired) electrons. The smallest absolute Gasteiger partial charge is 0.0593 e. The van der Waals surface area contributed by atoms with Crippen LogP contribution in [-0.2, 0) is 4.74 Å². The van der Waals surface area contributed by atoms with Crippen LogP contribution in [0.4, 0.5) is 5.69 Å². The van der Waals surface area contributed by atoms with Crippen LogP contribution in [0.1, 0.15) is 18.4 Å². The Balaban J connectivity index is 1.84. The third-order valence-corrected chi connectivity index (χ3v) is 3.29. The van der Waals surface area contributed by atoms with Gasteiger partial charge in [0.25, 0.3) is 0 Å². The largest absolute Gasteiger partial charge is 0.384 e. The fraction of sp³-hybridized carbons (Fsp3) is 0.571. The molecule has 0 spiro atoms. The van der Waals surface area contributed by atoms with Crippen molar-refractivity contribution < 1.29 is 4.74 Å². The minimum atomic E-state index is 0.609. The predicted octanol–water partition coefficient (Wildman–Crippen LogP) is 2.16. The average Bonchev–Trinajstić information content (AvgIpc) is 2.73. The van der Waals surface area contributed by atoms with Gasteiger partial charge in [-0.15, -0.1) is 0 Å². The van der Waals surface area contributed by atoms with Crippen LogP contribution in [0.3, 0.4) is 0 Å². The average molecular weight is 234 g/mol. The number of nitrogens with one attached hydrogen (secondary N) is 1. The summed E-state index contributed by atoms with van der Waals surface area (Å²) in [7, 11) is 2.17. The van der Waals surface area contributed by atoms with Crippen molar-refractivity contribution in [2.45, 2.75) is 12.8 Å². The van der Waals surface area contributed by atoms with Crippen LogP contribution in [0.15, 0.2) is 24.3 Å². The standard InChI is InChI=1S/C14H22N2O/c1-3-17-9-8-16(2)11-12-10-15-14-7-5-4-6-13(12)14/h4-7,12,15H,3,8-11H2,1-2H3. The third-order valence-electron chi connectivity index (χ3n) is 3.29. The zero-order valence-corrected chi connectivity index (χ0v) is 10.8. The molecule has 0 fully saturated rings. The number of likely N-dealkylation sites (N-methyl/N-ethyl adjacent to an activating group) is 1. The maximum atomic E-state index is 5.38. The summed E-state index contributed by atoms with van der Waals surface area (Å²) in [5, 5.41) is 3.46. The fourth-order valence-electron chi connectivity index (χ4n) is 2.35. The second kappa shape index (κ2) is 6.03. The van der Waals surface area contributed by atoms with Crippen LogP contribution >= 0.6 is 0 Å². The second-order valence-electron chi connectivity index (χ2n) is 4.62. The van der Waals surface area contributed by atoms with Gasteiger partial charge in [0.15, 0.2) is 0 Å². The highest BCUT2D eigenvalue weighted by Gasteiger charge is 2.22. The van der Waals surface area contributed by atoms with Gasteiger partial charge in [-0.25, -0.2) is 0 Å². The molecule has 1 aromatic rings. The molecule has 0 saturated carbocycles. The molecule has 1 aromatic carbocycles. The number of hydrogen-bond donors (Lipinski definition) is 1. The van der Waals surface area contributed by atoms with Crippen molar-refractivity contribution in [3.05, 3.63) is 29.8 Å².